The van der Waals surface area contributed by atoms with Crippen molar-refractivity contribution in [2.45, 2.75) is 90.9 Å². The first-order valence-corrected chi connectivity index (χ1v) is 24.0. The summed E-state index contributed by atoms with van der Waals surface area (Å²) in [6.45, 7) is 22.7. The van der Waals surface area contributed by atoms with Gasteiger partial charge in [-0.2, -0.15) is 12.1 Å². The molecule has 0 saturated heterocycles. The van der Waals surface area contributed by atoms with Crippen LogP contribution >= 0.6 is 0 Å². The van der Waals surface area contributed by atoms with Gasteiger partial charge in [0, 0.05) is 55.9 Å². The Hall–Kier alpha value is -6.81. The summed E-state index contributed by atoms with van der Waals surface area (Å²) in [4.78, 5) is 5.00. The Labute approximate surface area is 428 Å². The van der Waals surface area contributed by atoms with E-state index in [1.807, 2.05) is 18.3 Å². The average Bonchev–Trinajstić information content (AvgIpc) is 3.95. The Morgan fingerprint density at radius 1 is 0.529 bits per heavy atom. The molecule has 0 N–H and O–H groups in total. The topological polar surface area (TPSA) is 35.9 Å². The third-order valence-corrected chi connectivity index (χ3v) is 13.9. The number of ether oxygens (including phenoxy) is 1. The molecule has 70 heavy (non-hydrogen) atoms. The van der Waals surface area contributed by atoms with Crippen molar-refractivity contribution in [1.82, 2.24) is 14.1 Å². The normalized spacial score (nSPS) is 12.3. The molecule has 0 radical (unpaired) electrons. The van der Waals surface area contributed by atoms with Crippen LogP contribution < -0.4 is 9.30 Å². The van der Waals surface area contributed by atoms with Gasteiger partial charge in [0.25, 0.3) is 6.33 Å². The quantitative estimate of drug-likeness (QED) is 0.101. The Morgan fingerprint density at radius 3 is 1.83 bits per heavy atom. The number of hydrogen-bond acceptors (Lipinski definition) is 2. The van der Waals surface area contributed by atoms with E-state index in [9.17, 15) is 0 Å². The van der Waals surface area contributed by atoms with E-state index in [1.54, 1.807) is 0 Å². The van der Waals surface area contributed by atoms with E-state index in [4.69, 9.17) is 9.72 Å². The molecule has 0 spiro atoms. The van der Waals surface area contributed by atoms with Crippen LogP contribution in [0.1, 0.15) is 103 Å². The van der Waals surface area contributed by atoms with Gasteiger partial charge in [0.2, 0.25) is 0 Å². The third kappa shape index (κ3) is 9.09. The number of fused-ring (bicyclic) bond motifs is 3. The number of hydrogen-bond donors (Lipinski definition) is 0. The molecule has 10 aromatic rings. The molecule has 0 fully saturated rings. The van der Waals surface area contributed by atoms with Crippen molar-refractivity contribution in [1.29, 1.82) is 0 Å². The van der Waals surface area contributed by atoms with Crippen LogP contribution in [0.4, 0.5) is 0 Å². The summed E-state index contributed by atoms with van der Waals surface area (Å²) < 4.78 is 13.5. The van der Waals surface area contributed by atoms with Gasteiger partial charge in [-0.15, -0.1) is 29.8 Å². The molecule has 0 aliphatic rings. The van der Waals surface area contributed by atoms with Crippen LogP contribution in [0.25, 0.3) is 50.1 Å². The molecule has 3 aromatic heterocycles. The Morgan fingerprint density at radius 2 is 1.16 bits per heavy atom. The fourth-order valence-electron chi connectivity index (χ4n) is 9.65. The van der Waals surface area contributed by atoms with E-state index in [1.165, 1.54) is 27.8 Å². The summed E-state index contributed by atoms with van der Waals surface area (Å²) in [6.07, 6.45) is 7.91. The van der Waals surface area contributed by atoms with Crippen LogP contribution in [0.3, 0.4) is 0 Å². The molecule has 3 heterocycles. The standard InChI is InChI=1S/C64H60N4O.Pt/c1-61(2,3)48-33-34-65-59(38-48)68-56-32-21-20-31-54(56)60-55(63(7,8)46-25-16-12-17-26-46)40-53(41-57(60)68)69-52-30-22-29-50(39-52)66-42-58(64(9,10)47-27-18-13-19-28-47)67(43-66)51-36-45(44-23-14-11-15-24-44)35-49(37-51)62(4,5)6;/h11-38,40,42H,1-10H3;/q-2;. The van der Waals surface area contributed by atoms with Crippen molar-refractivity contribution in [3.8, 4) is 39.8 Å². The van der Waals surface area contributed by atoms with Crippen LogP contribution in [0.2, 0.25) is 0 Å². The molecule has 0 atom stereocenters. The Bertz CT molecular complexity index is 3480. The Kier molecular flexibility index (Phi) is 12.7. The average molecular weight is 1100 g/mol. The largest absolute Gasteiger partial charge is 0.510 e. The van der Waals surface area contributed by atoms with Gasteiger partial charge in [0.1, 0.15) is 5.82 Å². The van der Waals surface area contributed by atoms with Gasteiger partial charge in [0.15, 0.2) is 0 Å². The minimum atomic E-state index is -0.408. The number of para-hydroxylation sites is 1. The van der Waals surface area contributed by atoms with Crippen LogP contribution in [-0.2, 0) is 42.7 Å². The fourth-order valence-corrected chi connectivity index (χ4v) is 9.65. The number of aromatic nitrogens is 4. The smallest absolute Gasteiger partial charge is 0.267 e. The van der Waals surface area contributed by atoms with Crippen LogP contribution in [0, 0.1) is 18.5 Å². The van der Waals surface area contributed by atoms with E-state index in [0.29, 0.717) is 11.5 Å². The number of pyridine rings is 1. The summed E-state index contributed by atoms with van der Waals surface area (Å²) in [5.74, 6) is 2.00. The summed E-state index contributed by atoms with van der Waals surface area (Å²) in [5.41, 5.74) is 12.3. The number of imidazole rings is 1. The van der Waals surface area contributed by atoms with Gasteiger partial charge in [0.05, 0.1) is 11.4 Å². The second kappa shape index (κ2) is 18.5. The van der Waals surface area contributed by atoms with E-state index in [2.05, 4.69) is 265 Å². The molecular weight excluding hydrogens is 1040 g/mol. The van der Waals surface area contributed by atoms with Crippen molar-refractivity contribution in [2.75, 3.05) is 0 Å². The van der Waals surface area contributed by atoms with Gasteiger partial charge in [-0.1, -0.05) is 195 Å². The molecule has 0 saturated carbocycles. The molecule has 0 aliphatic heterocycles. The molecule has 5 nitrogen and oxygen atoms in total. The first-order chi connectivity index (χ1) is 33.0. The van der Waals surface area contributed by atoms with Gasteiger partial charge in [-0.3, -0.25) is 4.57 Å². The Balaban J connectivity index is 0.00000608. The summed E-state index contributed by atoms with van der Waals surface area (Å²) in [5, 5.41) is 2.26. The molecular formula is C64H60N4OPt-2. The summed E-state index contributed by atoms with van der Waals surface area (Å²) in [7, 11) is 0. The molecule has 0 aliphatic carbocycles. The van der Waals surface area contributed by atoms with Crippen LogP contribution in [0.5, 0.6) is 11.5 Å². The first-order valence-electron chi connectivity index (χ1n) is 24.0. The fraction of sp³-hybridized carbons (Fsp3) is 0.219. The predicted molar refractivity (Wildman–Crippen MR) is 282 cm³/mol. The van der Waals surface area contributed by atoms with E-state index < -0.39 is 10.8 Å². The summed E-state index contributed by atoms with van der Waals surface area (Å²) in [6, 6.07) is 67.6. The monoisotopic (exact) mass is 1100 g/mol. The van der Waals surface area contributed by atoms with Crippen molar-refractivity contribution in [3.63, 3.8) is 0 Å². The van der Waals surface area contributed by atoms with Gasteiger partial charge in [-0.05, 0) is 91.0 Å². The second-order valence-corrected chi connectivity index (χ2v) is 21.5. The van der Waals surface area contributed by atoms with Gasteiger partial charge < -0.3 is 13.9 Å². The predicted octanol–water partition coefficient (Wildman–Crippen LogP) is 15.4. The molecule has 354 valence electrons. The van der Waals surface area contributed by atoms with Gasteiger partial charge >= 0.3 is 0 Å². The third-order valence-electron chi connectivity index (χ3n) is 13.9. The maximum Gasteiger partial charge on any atom is 0.267 e. The maximum absolute atomic E-state index is 6.98. The molecule has 6 heteroatoms. The zero-order valence-corrected chi connectivity index (χ0v) is 44.1. The van der Waals surface area contributed by atoms with E-state index in [0.717, 1.165) is 55.8 Å². The zero-order valence-electron chi connectivity index (χ0n) is 41.8. The molecule has 0 amide bonds. The number of rotatable bonds is 10. The van der Waals surface area contributed by atoms with Gasteiger partial charge in [-0.25, -0.2) is 4.98 Å². The second-order valence-electron chi connectivity index (χ2n) is 21.5. The van der Waals surface area contributed by atoms with Crippen LogP contribution in [-0.4, -0.2) is 14.1 Å². The van der Waals surface area contributed by atoms with E-state index >= 15 is 0 Å². The first kappa shape index (κ1) is 48.2. The summed E-state index contributed by atoms with van der Waals surface area (Å²) >= 11 is 0. The minimum Gasteiger partial charge on any atom is -0.510 e. The SMILES string of the molecule is CC(C)(C)c1cc(-c2ccccc2)cc(-[n+]2[c-]n(-c3[c-]c(Oc4[c-]c5c(c(C(C)(C)c6ccccc6)c4)c4ccccc4n5-c4cc(C(C)(C)C)ccn4)ccc3)cc2C(C)(C)c2ccccc2)c1.[Pt]. The number of nitrogens with zero attached hydrogens (tertiary/aromatic N) is 4. The van der Waals surface area contributed by atoms with E-state index in [-0.39, 0.29) is 31.9 Å². The molecule has 0 bridgehead atoms. The zero-order chi connectivity index (χ0) is 48.3. The molecule has 7 aromatic carbocycles. The van der Waals surface area contributed by atoms with Crippen molar-refractivity contribution >= 4 is 21.8 Å². The van der Waals surface area contributed by atoms with Crippen molar-refractivity contribution < 1.29 is 30.4 Å². The number of benzene rings is 7. The molecule has 10 rings (SSSR count). The van der Waals surface area contributed by atoms with Crippen LogP contribution in [0.15, 0.2) is 182 Å². The minimum absolute atomic E-state index is 0. The van der Waals surface area contributed by atoms with Crippen molar-refractivity contribution in [3.05, 3.63) is 234 Å². The molecule has 0 unspecified atom stereocenters. The van der Waals surface area contributed by atoms with Crippen molar-refractivity contribution in [2.24, 2.45) is 0 Å². The maximum atomic E-state index is 6.98.